The van der Waals surface area contributed by atoms with Crippen LogP contribution in [0.4, 0.5) is 0 Å². The lowest BCUT2D eigenvalue weighted by atomic mass is 9.80. The molecule has 1 aliphatic rings. The van der Waals surface area contributed by atoms with Crippen LogP contribution in [-0.4, -0.2) is 24.9 Å². The highest BCUT2D eigenvalue weighted by Crippen LogP contribution is 2.30. The van der Waals surface area contributed by atoms with Crippen molar-refractivity contribution >= 4 is 21.8 Å². The lowest BCUT2D eigenvalue weighted by molar-refractivity contribution is 0.0936. The van der Waals surface area contributed by atoms with Gasteiger partial charge in [0.1, 0.15) is 5.75 Å². The molecule has 1 aromatic carbocycles. The Kier molecular flexibility index (Phi) is 6.09. The summed E-state index contributed by atoms with van der Waals surface area (Å²) in [5.41, 5.74) is 1.71. The average Bonchev–Trinajstić information content (AvgIpc) is 2.53. The first-order valence-electron chi connectivity index (χ1n) is 7.64. The van der Waals surface area contributed by atoms with Crippen molar-refractivity contribution in [1.29, 1.82) is 0 Å². The molecule has 0 bridgehead atoms. The number of carbonyl (C=O) groups is 1. The smallest absolute Gasteiger partial charge is 0.251 e. The summed E-state index contributed by atoms with van der Waals surface area (Å²) in [6.45, 7) is 2.74. The van der Waals surface area contributed by atoms with Gasteiger partial charge in [0.15, 0.2) is 0 Å². The summed E-state index contributed by atoms with van der Waals surface area (Å²) in [4.78, 5) is 12.3. The minimum Gasteiger partial charge on any atom is -0.496 e. The van der Waals surface area contributed by atoms with E-state index in [0.717, 1.165) is 23.2 Å². The van der Waals surface area contributed by atoms with Gasteiger partial charge in [0, 0.05) is 17.4 Å². The summed E-state index contributed by atoms with van der Waals surface area (Å²) in [5, 5.41) is 4.12. The molecule has 2 rings (SSSR count). The highest BCUT2D eigenvalue weighted by Gasteiger charge is 2.24. The first-order valence-corrected chi connectivity index (χ1v) is 8.76. The summed E-state index contributed by atoms with van der Waals surface area (Å²) in [7, 11) is 1.63. The van der Waals surface area contributed by atoms with Gasteiger partial charge < -0.3 is 10.1 Å². The van der Waals surface area contributed by atoms with Crippen molar-refractivity contribution in [3.8, 4) is 5.75 Å². The predicted molar refractivity (Wildman–Crippen MR) is 89.3 cm³/mol. The van der Waals surface area contributed by atoms with Crippen LogP contribution in [0.3, 0.4) is 0 Å². The third-order valence-electron chi connectivity index (χ3n) is 4.46. The van der Waals surface area contributed by atoms with Crippen LogP contribution in [0.2, 0.25) is 0 Å². The van der Waals surface area contributed by atoms with Gasteiger partial charge in [-0.3, -0.25) is 4.79 Å². The number of halogens is 1. The molecule has 4 heteroatoms. The van der Waals surface area contributed by atoms with E-state index < -0.39 is 0 Å². The molecule has 0 saturated heterocycles. The highest BCUT2D eigenvalue weighted by molar-refractivity contribution is 9.09. The monoisotopic (exact) mass is 353 g/mol. The maximum atomic E-state index is 12.3. The van der Waals surface area contributed by atoms with Gasteiger partial charge in [-0.2, -0.15) is 0 Å². The van der Waals surface area contributed by atoms with Crippen molar-refractivity contribution in [2.75, 3.05) is 19.0 Å². The van der Waals surface area contributed by atoms with E-state index in [1.54, 1.807) is 7.11 Å². The molecule has 0 aromatic heterocycles. The Labute approximate surface area is 135 Å². The number of ether oxygens (including phenoxy) is 1. The Balaban J connectivity index is 1.95. The summed E-state index contributed by atoms with van der Waals surface area (Å²) >= 11 is 3.60. The number of methoxy groups -OCH3 is 1. The molecule has 2 unspecified atom stereocenters. The fourth-order valence-corrected chi connectivity index (χ4v) is 3.90. The van der Waals surface area contributed by atoms with Gasteiger partial charge in [-0.05, 0) is 49.3 Å². The molecule has 1 saturated carbocycles. The average molecular weight is 354 g/mol. The minimum atomic E-state index is -0.00723. The zero-order valence-electron chi connectivity index (χ0n) is 12.8. The molecule has 0 heterocycles. The number of rotatable bonds is 5. The van der Waals surface area contributed by atoms with Gasteiger partial charge in [-0.15, -0.1) is 0 Å². The van der Waals surface area contributed by atoms with Crippen molar-refractivity contribution in [1.82, 2.24) is 5.32 Å². The van der Waals surface area contributed by atoms with Crippen molar-refractivity contribution in [2.45, 2.75) is 32.6 Å². The summed E-state index contributed by atoms with van der Waals surface area (Å²) in [6, 6.07) is 5.60. The van der Waals surface area contributed by atoms with E-state index in [1.165, 1.54) is 25.7 Å². The molecule has 0 spiro atoms. The van der Waals surface area contributed by atoms with Crippen LogP contribution in [0.25, 0.3) is 0 Å². The number of alkyl halides is 1. The Morgan fingerprint density at radius 1 is 1.33 bits per heavy atom. The quantitative estimate of drug-likeness (QED) is 0.814. The second-order valence-corrected chi connectivity index (χ2v) is 6.50. The predicted octanol–water partition coefficient (Wildman–Crippen LogP) is 3.93. The lowest BCUT2D eigenvalue weighted by Crippen LogP contribution is -2.34. The van der Waals surface area contributed by atoms with Crippen LogP contribution in [0, 0.1) is 18.8 Å². The molecule has 2 atom stereocenters. The topological polar surface area (TPSA) is 38.3 Å². The number of nitrogens with one attached hydrogen (secondary N) is 1. The van der Waals surface area contributed by atoms with E-state index in [9.17, 15) is 4.79 Å². The van der Waals surface area contributed by atoms with Crippen LogP contribution >= 0.6 is 15.9 Å². The second-order valence-electron chi connectivity index (χ2n) is 5.85. The van der Waals surface area contributed by atoms with E-state index in [0.29, 0.717) is 17.4 Å². The van der Waals surface area contributed by atoms with Crippen LogP contribution in [0.1, 0.15) is 41.6 Å². The zero-order chi connectivity index (χ0) is 15.2. The van der Waals surface area contributed by atoms with E-state index in [-0.39, 0.29) is 5.91 Å². The number of aryl methyl sites for hydroxylation is 1. The summed E-state index contributed by atoms with van der Waals surface area (Å²) in [5.74, 6) is 2.03. The molecule has 116 valence electrons. The van der Waals surface area contributed by atoms with Gasteiger partial charge in [0.05, 0.1) is 7.11 Å². The molecule has 1 amide bonds. The number of amides is 1. The molecule has 21 heavy (non-hydrogen) atoms. The van der Waals surface area contributed by atoms with Crippen LogP contribution in [0.5, 0.6) is 5.75 Å². The molecule has 0 radical (unpaired) electrons. The largest absolute Gasteiger partial charge is 0.496 e. The number of hydrogen-bond donors (Lipinski definition) is 1. The van der Waals surface area contributed by atoms with Crippen LogP contribution in [0.15, 0.2) is 18.2 Å². The van der Waals surface area contributed by atoms with Crippen LogP contribution in [-0.2, 0) is 0 Å². The Morgan fingerprint density at radius 2 is 2.05 bits per heavy atom. The van der Waals surface area contributed by atoms with E-state index in [1.807, 2.05) is 25.1 Å². The van der Waals surface area contributed by atoms with Crippen molar-refractivity contribution in [2.24, 2.45) is 11.8 Å². The fraction of sp³-hybridized carbons (Fsp3) is 0.588. The minimum absolute atomic E-state index is 0.00723. The number of benzene rings is 1. The maximum absolute atomic E-state index is 12.3. The van der Waals surface area contributed by atoms with Gasteiger partial charge in [-0.25, -0.2) is 0 Å². The van der Waals surface area contributed by atoms with Gasteiger partial charge in [0.2, 0.25) is 0 Å². The van der Waals surface area contributed by atoms with Gasteiger partial charge >= 0.3 is 0 Å². The molecule has 1 N–H and O–H groups in total. The van der Waals surface area contributed by atoms with Gasteiger partial charge in [0.25, 0.3) is 5.91 Å². The molecule has 1 fully saturated rings. The Morgan fingerprint density at radius 3 is 2.71 bits per heavy atom. The number of hydrogen-bond acceptors (Lipinski definition) is 2. The molecular formula is C17H24BrNO2. The fourth-order valence-electron chi connectivity index (χ4n) is 3.04. The normalized spacial score (nSPS) is 21.9. The standard InChI is InChI=1S/C17H24BrNO2/c1-12-7-8-13(9-16(12)21-2)17(20)19-11-15-6-4-3-5-14(15)10-18/h7-9,14-15H,3-6,10-11H2,1-2H3,(H,19,20). The second kappa shape index (κ2) is 7.83. The Bertz CT molecular complexity index is 490. The lowest BCUT2D eigenvalue weighted by Gasteiger charge is -2.30. The van der Waals surface area contributed by atoms with Crippen molar-refractivity contribution in [3.05, 3.63) is 29.3 Å². The molecule has 1 aromatic rings. The third-order valence-corrected chi connectivity index (χ3v) is 5.29. The molecular weight excluding hydrogens is 330 g/mol. The number of carbonyl (C=O) groups excluding carboxylic acids is 1. The molecule has 0 aliphatic heterocycles. The van der Waals surface area contributed by atoms with E-state index in [2.05, 4.69) is 21.2 Å². The van der Waals surface area contributed by atoms with Crippen LogP contribution < -0.4 is 10.1 Å². The first kappa shape index (κ1) is 16.3. The van der Waals surface area contributed by atoms with E-state index in [4.69, 9.17) is 4.74 Å². The van der Waals surface area contributed by atoms with E-state index >= 15 is 0 Å². The highest BCUT2D eigenvalue weighted by atomic mass is 79.9. The third kappa shape index (κ3) is 4.22. The zero-order valence-corrected chi connectivity index (χ0v) is 14.4. The Hall–Kier alpha value is -1.03. The van der Waals surface area contributed by atoms with Crippen molar-refractivity contribution in [3.63, 3.8) is 0 Å². The maximum Gasteiger partial charge on any atom is 0.251 e. The summed E-state index contributed by atoms with van der Waals surface area (Å²) < 4.78 is 5.28. The van der Waals surface area contributed by atoms with Crippen molar-refractivity contribution < 1.29 is 9.53 Å². The SMILES string of the molecule is COc1cc(C(=O)NCC2CCCCC2CBr)ccc1C. The summed E-state index contributed by atoms with van der Waals surface area (Å²) in [6.07, 6.45) is 5.08. The van der Waals surface area contributed by atoms with Gasteiger partial charge in [-0.1, -0.05) is 34.8 Å². The molecule has 1 aliphatic carbocycles. The first-order chi connectivity index (χ1) is 10.2. The molecule has 3 nitrogen and oxygen atoms in total.